The number of carbonyl (C=O) groups excluding carboxylic acids is 2. The Labute approximate surface area is 185 Å². The van der Waals surface area contributed by atoms with E-state index < -0.39 is 18.5 Å². The first-order valence-corrected chi connectivity index (χ1v) is 10.0. The van der Waals surface area contributed by atoms with Gasteiger partial charge in [0, 0.05) is 5.69 Å². The molecule has 164 valence electrons. The largest absolute Gasteiger partial charge is 0.490 e. The van der Waals surface area contributed by atoms with Crippen molar-refractivity contribution < 1.29 is 28.5 Å². The first-order valence-electron chi connectivity index (χ1n) is 9.66. The maximum atomic E-state index is 12.5. The Bertz CT molecular complexity index is 959. The molecule has 0 bridgehead atoms. The average Bonchev–Trinajstić information content (AvgIpc) is 2.74. The van der Waals surface area contributed by atoms with Gasteiger partial charge >= 0.3 is 5.97 Å². The zero-order valence-corrected chi connectivity index (χ0v) is 18.2. The van der Waals surface area contributed by atoms with Gasteiger partial charge in [0.1, 0.15) is 6.07 Å². The molecule has 9 heteroatoms. The highest BCUT2D eigenvalue weighted by Crippen LogP contribution is 2.39. The van der Waals surface area contributed by atoms with Crippen molar-refractivity contribution in [2.45, 2.75) is 20.8 Å². The molecule has 0 saturated heterocycles. The van der Waals surface area contributed by atoms with E-state index in [4.69, 9.17) is 35.8 Å². The number of hydrogen-bond donors (Lipinski definition) is 1. The first kappa shape index (κ1) is 23.8. The Hall–Kier alpha value is -3.44. The topological polar surface area (TPSA) is 107 Å². The minimum atomic E-state index is -0.724. The quantitative estimate of drug-likeness (QED) is 0.545. The summed E-state index contributed by atoms with van der Waals surface area (Å²) in [6.07, 6.45) is 0. The van der Waals surface area contributed by atoms with Crippen LogP contribution in [0.4, 0.5) is 5.69 Å². The summed E-state index contributed by atoms with van der Waals surface area (Å²) in [6.45, 7) is 6.04. The number of rotatable bonds is 10. The minimum Gasteiger partial charge on any atom is -0.490 e. The lowest BCUT2D eigenvalue weighted by molar-refractivity contribution is -0.119. The SMILES string of the molecule is CCOc1cc(C(=O)OCC(=O)Nc2ccc(C#N)c(Cl)c2)cc(OCC)c1OCC. The van der Waals surface area contributed by atoms with Crippen molar-refractivity contribution in [3.05, 3.63) is 46.5 Å². The van der Waals surface area contributed by atoms with E-state index in [1.807, 2.05) is 13.0 Å². The fraction of sp³-hybridized carbons (Fsp3) is 0.318. The summed E-state index contributed by atoms with van der Waals surface area (Å²) in [7, 11) is 0. The Kier molecular flexibility index (Phi) is 8.97. The normalized spacial score (nSPS) is 10.0. The molecule has 2 rings (SSSR count). The number of benzene rings is 2. The maximum Gasteiger partial charge on any atom is 0.338 e. The summed E-state index contributed by atoms with van der Waals surface area (Å²) in [4.78, 5) is 24.6. The molecule has 2 aromatic rings. The van der Waals surface area contributed by atoms with Gasteiger partial charge in [-0.25, -0.2) is 4.79 Å². The zero-order chi connectivity index (χ0) is 22.8. The minimum absolute atomic E-state index is 0.157. The van der Waals surface area contributed by atoms with E-state index in [1.54, 1.807) is 13.8 Å². The van der Waals surface area contributed by atoms with Gasteiger partial charge in [0.25, 0.3) is 5.91 Å². The summed E-state index contributed by atoms with van der Waals surface area (Å²) in [5, 5.41) is 11.7. The zero-order valence-electron chi connectivity index (χ0n) is 17.5. The van der Waals surface area contributed by atoms with Gasteiger partial charge in [-0.3, -0.25) is 4.79 Å². The highest BCUT2D eigenvalue weighted by molar-refractivity contribution is 6.32. The molecule has 0 saturated carbocycles. The molecule has 0 heterocycles. The van der Waals surface area contributed by atoms with Crippen LogP contribution in [0.3, 0.4) is 0 Å². The molecule has 1 amide bonds. The molecule has 0 aliphatic rings. The number of carbonyl (C=O) groups is 2. The van der Waals surface area contributed by atoms with E-state index in [1.165, 1.54) is 30.3 Å². The van der Waals surface area contributed by atoms with Crippen molar-refractivity contribution in [2.24, 2.45) is 0 Å². The molecule has 1 N–H and O–H groups in total. The molecule has 0 aromatic heterocycles. The number of nitrogens with zero attached hydrogens (tertiary/aromatic N) is 1. The Morgan fingerprint density at radius 3 is 2.13 bits per heavy atom. The molecule has 0 aliphatic carbocycles. The first-order chi connectivity index (χ1) is 14.9. The second-order valence-corrected chi connectivity index (χ2v) is 6.44. The summed E-state index contributed by atoms with van der Waals surface area (Å²) in [5.41, 5.74) is 0.824. The molecular formula is C22H23ClN2O6. The van der Waals surface area contributed by atoms with Crippen molar-refractivity contribution in [1.82, 2.24) is 0 Å². The van der Waals surface area contributed by atoms with E-state index in [0.717, 1.165) is 0 Å². The lowest BCUT2D eigenvalue weighted by Crippen LogP contribution is -2.21. The van der Waals surface area contributed by atoms with Crippen LogP contribution in [-0.2, 0) is 9.53 Å². The van der Waals surface area contributed by atoms with Gasteiger partial charge in [-0.1, -0.05) is 11.6 Å². The van der Waals surface area contributed by atoms with Crippen LogP contribution >= 0.6 is 11.6 Å². The number of ether oxygens (including phenoxy) is 4. The molecule has 0 unspecified atom stereocenters. The Balaban J connectivity index is 2.11. The highest BCUT2D eigenvalue weighted by atomic mass is 35.5. The predicted octanol–water partition coefficient (Wildman–Crippen LogP) is 4.20. The lowest BCUT2D eigenvalue weighted by Gasteiger charge is -2.16. The van der Waals surface area contributed by atoms with Crippen LogP contribution in [0.25, 0.3) is 0 Å². The van der Waals surface area contributed by atoms with Crippen LogP contribution in [0.2, 0.25) is 5.02 Å². The number of amides is 1. The van der Waals surface area contributed by atoms with Gasteiger partial charge in [-0.15, -0.1) is 0 Å². The van der Waals surface area contributed by atoms with Gasteiger partial charge in [0.15, 0.2) is 18.1 Å². The van der Waals surface area contributed by atoms with Crippen molar-refractivity contribution in [1.29, 1.82) is 5.26 Å². The summed E-state index contributed by atoms with van der Waals surface area (Å²) in [6, 6.07) is 9.34. The van der Waals surface area contributed by atoms with Crippen molar-refractivity contribution in [3.63, 3.8) is 0 Å². The van der Waals surface area contributed by atoms with Gasteiger partial charge in [-0.2, -0.15) is 5.26 Å². The highest BCUT2D eigenvalue weighted by Gasteiger charge is 2.20. The fourth-order valence-electron chi connectivity index (χ4n) is 2.60. The van der Waals surface area contributed by atoms with Gasteiger partial charge in [0.2, 0.25) is 5.75 Å². The second kappa shape index (κ2) is 11.7. The van der Waals surface area contributed by atoms with Crippen molar-refractivity contribution in [3.8, 4) is 23.3 Å². The monoisotopic (exact) mass is 446 g/mol. The number of nitrogens with one attached hydrogen (secondary N) is 1. The van der Waals surface area contributed by atoms with E-state index >= 15 is 0 Å². The lowest BCUT2D eigenvalue weighted by atomic mass is 10.2. The summed E-state index contributed by atoms with van der Waals surface area (Å²) < 4.78 is 21.9. The van der Waals surface area contributed by atoms with Crippen LogP contribution in [0, 0.1) is 11.3 Å². The third kappa shape index (κ3) is 6.52. The second-order valence-electron chi connectivity index (χ2n) is 6.03. The maximum absolute atomic E-state index is 12.5. The number of anilines is 1. The van der Waals surface area contributed by atoms with Crippen LogP contribution in [0.1, 0.15) is 36.7 Å². The third-order valence-electron chi connectivity index (χ3n) is 3.85. The van der Waals surface area contributed by atoms with Crippen molar-refractivity contribution in [2.75, 3.05) is 31.7 Å². The molecule has 31 heavy (non-hydrogen) atoms. The molecule has 0 atom stereocenters. The van der Waals surface area contributed by atoms with E-state index in [-0.39, 0.29) is 16.1 Å². The van der Waals surface area contributed by atoms with Gasteiger partial charge < -0.3 is 24.3 Å². The van der Waals surface area contributed by atoms with Crippen LogP contribution < -0.4 is 19.5 Å². The molecule has 0 spiro atoms. The Morgan fingerprint density at radius 2 is 1.61 bits per heavy atom. The molecule has 0 radical (unpaired) electrons. The predicted molar refractivity (Wildman–Crippen MR) is 115 cm³/mol. The molecule has 0 aliphatic heterocycles. The van der Waals surface area contributed by atoms with Crippen LogP contribution in [0.5, 0.6) is 17.2 Å². The van der Waals surface area contributed by atoms with Crippen LogP contribution in [0.15, 0.2) is 30.3 Å². The summed E-state index contributed by atoms with van der Waals surface area (Å²) in [5.74, 6) is -0.191. The molecule has 2 aromatic carbocycles. The fourth-order valence-corrected chi connectivity index (χ4v) is 2.82. The number of hydrogen-bond acceptors (Lipinski definition) is 7. The average molecular weight is 447 g/mol. The van der Waals surface area contributed by atoms with E-state index in [0.29, 0.717) is 42.8 Å². The van der Waals surface area contributed by atoms with E-state index in [9.17, 15) is 9.59 Å². The van der Waals surface area contributed by atoms with Crippen molar-refractivity contribution >= 4 is 29.2 Å². The van der Waals surface area contributed by atoms with Gasteiger partial charge in [-0.05, 0) is 51.1 Å². The van der Waals surface area contributed by atoms with E-state index in [2.05, 4.69) is 5.32 Å². The van der Waals surface area contributed by atoms with Gasteiger partial charge in [0.05, 0.1) is 36.0 Å². The number of nitriles is 1. The summed E-state index contributed by atoms with van der Waals surface area (Å²) >= 11 is 5.94. The molecular weight excluding hydrogens is 424 g/mol. The molecule has 0 fully saturated rings. The third-order valence-corrected chi connectivity index (χ3v) is 4.17. The smallest absolute Gasteiger partial charge is 0.338 e. The number of halogens is 1. The standard InChI is InChI=1S/C22H23ClN2O6/c1-4-28-18-9-15(10-19(29-5-2)21(18)30-6-3)22(27)31-13-20(26)25-16-8-7-14(12-24)17(23)11-16/h7-11H,4-6,13H2,1-3H3,(H,25,26). The van der Waals surface area contributed by atoms with Crippen LogP contribution in [-0.4, -0.2) is 38.3 Å². The number of esters is 1. The molecule has 8 nitrogen and oxygen atoms in total. The Morgan fingerprint density at radius 1 is 1.00 bits per heavy atom.